The van der Waals surface area contributed by atoms with Crippen molar-refractivity contribution in [2.45, 2.75) is 19.6 Å². The van der Waals surface area contributed by atoms with Gasteiger partial charge in [0.2, 0.25) is 0 Å². The van der Waals surface area contributed by atoms with Gasteiger partial charge in [-0.15, -0.1) is 0 Å². The summed E-state index contributed by atoms with van der Waals surface area (Å²) >= 11 is 0. The van der Waals surface area contributed by atoms with Gasteiger partial charge in [0, 0.05) is 0 Å². The van der Waals surface area contributed by atoms with E-state index >= 15 is 0 Å². The Kier molecular flexibility index (Phi) is 3.41. The van der Waals surface area contributed by atoms with Crippen LogP contribution in [0.5, 0.6) is 0 Å². The Morgan fingerprint density at radius 3 is 2.50 bits per heavy atom. The van der Waals surface area contributed by atoms with E-state index in [1.807, 2.05) is 6.92 Å². The summed E-state index contributed by atoms with van der Waals surface area (Å²) in [5, 5.41) is 0. The average Bonchev–Trinajstić information content (AvgIpc) is 1.65. The fraction of sp³-hybridized carbons (Fsp3) is 1.00. The molecule has 0 aromatic carbocycles. The zero-order valence-corrected chi connectivity index (χ0v) is 6.27. The predicted octanol–water partition coefficient (Wildman–Crippen LogP) is -1.02. The minimum atomic E-state index is -0.00309. The monoisotopic (exact) mass is 105 g/mol. The molecule has 0 spiro atoms. The lowest BCUT2D eigenvalue weighted by molar-refractivity contribution is 0.226. The van der Waals surface area contributed by atoms with Crippen LogP contribution in [-0.4, -0.2) is 16.7 Å². The van der Waals surface area contributed by atoms with Crippen LogP contribution in [0, 0.1) is 0 Å². The molecule has 0 aliphatic rings. The molecule has 0 bridgehead atoms. The highest BCUT2D eigenvalue weighted by Crippen LogP contribution is 1.81. The summed E-state index contributed by atoms with van der Waals surface area (Å²) in [6, 6.07) is 0. The lowest BCUT2D eigenvalue weighted by atomic mass is 10.5. The summed E-state index contributed by atoms with van der Waals surface area (Å²) in [5.41, 5.74) is 5.28. The Morgan fingerprint density at radius 2 is 2.50 bits per heavy atom. The van der Waals surface area contributed by atoms with Crippen molar-refractivity contribution in [3.05, 3.63) is 0 Å². The van der Waals surface area contributed by atoms with E-state index in [4.69, 9.17) is 10.2 Å². The van der Waals surface area contributed by atoms with Crippen LogP contribution < -0.4 is 5.73 Å². The predicted molar refractivity (Wildman–Crippen MR) is 29.3 cm³/mol. The molecule has 0 aliphatic heterocycles. The summed E-state index contributed by atoms with van der Waals surface area (Å²) < 4.78 is 4.82. The third-order valence-electron chi connectivity index (χ3n) is 0.705. The molecule has 0 fully saturated rings. The van der Waals surface area contributed by atoms with E-state index in [0.29, 0.717) is 0 Å². The van der Waals surface area contributed by atoms with Crippen molar-refractivity contribution in [3.8, 4) is 0 Å². The fourth-order valence-electron chi connectivity index (χ4n) is 0.167. The van der Waals surface area contributed by atoms with Gasteiger partial charge in [0.05, 0.1) is 6.23 Å². The van der Waals surface area contributed by atoms with Crippen molar-refractivity contribution < 1.29 is 4.43 Å². The van der Waals surface area contributed by atoms with Crippen LogP contribution in [0.15, 0.2) is 0 Å². The molecule has 1 unspecified atom stereocenters. The SMILES string of the molecule is CCC(N)O[SiH3]. The van der Waals surface area contributed by atoms with Crippen molar-refractivity contribution in [1.29, 1.82) is 0 Å². The summed E-state index contributed by atoms with van der Waals surface area (Å²) in [5.74, 6) is 0. The first-order valence-corrected chi connectivity index (χ1v) is 2.91. The molecular weight excluding hydrogens is 94.1 g/mol. The van der Waals surface area contributed by atoms with Crippen molar-refractivity contribution >= 4 is 10.5 Å². The van der Waals surface area contributed by atoms with Gasteiger partial charge in [-0.3, -0.25) is 0 Å². The topological polar surface area (TPSA) is 35.2 Å². The highest BCUT2D eigenvalue weighted by atomic mass is 28.2. The van der Waals surface area contributed by atoms with E-state index in [-0.39, 0.29) is 6.23 Å². The molecule has 0 aromatic rings. The van der Waals surface area contributed by atoms with Gasteiger partial charge >= 0.3 is 0 Å². The third kappa shape index (κ3) is 2.38. The smallest absolute Gasteiger partial charge is 0.148 e. The second-order valence-corrected chi connectivity index (χ2v) is 1.65. The molecule has 0 heterocycles. The summed E-state index contributed by atoms with van der Waals surface area (Å²) in [4.78, 5) is 0. The molecule has 0 aliphatic carbocycles. The fourth-order valence-corrected chi connectivity index (χ4v) is 0.500. The van der Waals surface area contributed by atoms with Gasteiger partial charge < -0.3 is 10.2 Å². The lowest BCUT2D eigenvalue weighted by Gasteiger charge is -2.02. The number of hydrogen-bond donors (Lipinski definition) is 1. The molecule has 2 N–H and O–H groups in total. The number of nitrogens with two attached hydrogens (primary N) is 1. The van der Waals surface area contributed by atoms with Crippen molar-refractivity contribution in [2.75, 3.05) is 0 Å². The highest BCUT2D eigenvalue weighted by Gasteiger charge is 1.87. The summed E-state index contributed by atoms with van der Waals surface area (Å²) in [7, 11) is 0.757. The summed E-state index contributed by atoms with van der Waals surface area (Å²) in [6.07, 6.45) is 0.917. The molecule has 0 amide bonds. The molecule has 6 heavy (non-hydrogen) atoms. The van der Waals surface area contributed by atoms with Gasteiger partial charge in [0.15, 0.2) is 0 Å². The van der Waals surface area contributed by atoms with Crippen LogP contribution in [0.2, 0.25) is 0 Å². The van der Waals surface area contributed by atoms with Crippen LogP contribution in [0.3, 0.4) is 0 Å². The molecule has 0 rings (SSSR count). The highest BCUT2D eigenvalue weighted by molar-refractivity contribution is 5.98. The van der Waals surface area contributed by atoms with Crippen molar-refractivity contribution in [1.82, 2.24) is 0 Å². The first-order valence-electron chi connectivity index (χ1n) is 2.09. The maximum Gasteiger partial charge on any atom is 0.148 e. The zero-order valence-electron chi connectivity index (χ0n) is 4.27. The lowest BCUT2D eigenvalue weighted by Crippen LogP contribution is -2.20. The standard InChI is InChI=1S/C3H11NOSi/c1-2-3(4)5-6/h3H,2,4H2,1,6H3. The Labute approximate surface area is 41.2 Å². The quantitative estimate of drug-likeness (QED) is 0.360. The third-order valence-corrected chi connectivity index (χ3v) is 1.31. The molecular formula is C3H11NOSi. The van der Waals surface area contributed by atoms with Crippen LogP contribution in [-0.2, 0) is 4.43 Å². The maximum absolute atomic E-state index is 5.28. The van der Waals surface area contributed by atoms with E-state index in [1.54, 1.807) is 0 Å². The van der Waals surface area contributed by atoms with Gasteiger partial charge in [0.1, 0.15) is 10.5 Å². The Morgan fingerprint density at radius 1 is 2.00 bits per heavy atom. The van der Waals surface area contributed by atoms with Crippen molar-refractivity contribution in [3.63, 3.8) is 0 Å². The Hall–Kier alpha value is 0.137. The van der Waals surface area contributed by atoms with Gasteiger partial charge in [-0.2, -0.15) is 0 Å². The first kappa shape index (κ1) is 6.14. The van der Waals surface area contributed by atoms with E-state index in [0.717, 1.165) is 16.9 Å². The molecule has 0 saturated heterocycles. The minimum absolute atomic E-state index is 0.00309. The molecule has 1 atom stereocenters. The van der Waals surface area contributed by atoms with Crippen LogP contribution in [0.1, 0.15) is 13.3 Å². The second kappa shape index (κ2) is 3.33. The van der Waals surface area contributed by atoms with E-state index < -0.39 is 0 Å². The Balaban J connectivity index is 2.75. The molecule has 38 valence electrons. The molecule has 2 nitrogen and oxygen atoms in total. The van der Waals surface area contributed by atoms with E-state index in [2.05, 4.69) is 0 Å². The molecule has 0 aromatic heterocycles. The second-order valence-electron chi connectivity index (χ2n) is 1.18. The normalized spacial score (nSPS) is 15.0. The first-order chi connectivity index (χ1) is 2.81. The van der Waals surface area contributed by atoms with E-state index in [1.165, 1.54) is 0 Å². The van der Waals surface area contributed by atoms with Crippen LogP contribution >= 0.6 is 0 Å². The molecule has 3 heteroatoms. The van der Waals surface area contributed by atoms with Gasteiger partial charge in [-0.25, -0.2) is 0 Å². The number of hydrogen-bond acceptors (Lipinski definition) is 2. The summed E-state index contributed by atoms with van der Waals surface area (Å²) in [6.45, 7) is 2.00. The average molecular weight is 105 g/mol. The van der Waals surface area contributed by atoms with E-state index in [9.17, 15) is 0 Å². The van der Waals surface area contributed by atoms with Crippen molar-refractivity contribution in [2.24, 2.45) is 5.73 Å². The van der Waals surface area contributed by atoms with Crippen LogP contribution in [0.4, 0.5) is 0 Å². The molecule has 0 saturated carbocycles. The Bertz CT molecular complexity index is 30.0. The van der Waals surface area contributed by atoms with Gasteiger partial charge in [0.25, 0.3) is 0 Å². The van der Waals surface area contributed by atoms with Gasteiger partial charge in [-0.1, -0.05) is 6.92 Å². The molecule has 0 radical (unpaired) electrons. The number of rotatable bonds is 2. The largest absolute Gasteiger partial charge is 0.413 e. The van der Waals surface area contributed by atoms with Gasteiger partial charge in [-0.05, 0) is 6.42 Å². The zero-order chi connectivity index (χ0) is 4.99. The minimum Gasteiger partial charge on any atom is -0.413 e. The van der Waals surface area contributed by atoms with Crippen LogP contribution in [0.25, 0.3) is 0 Å². The maximum atomic E-state index is 5.28.